The van der Waals surface area contributed by atoms with E-state index in [0.717, 1.165) is 25.7 Å². The summed E-state index contributed by atoms with van der Waals surface area (Å²) in [6, 6.07) is 0. The van der Waals surface area contributed by atoms with Crippen LogP contribution >= 0.6 is 0 Å². The standard InChI is InChI=1S/C21H42N2O5/c1-3-5-7-9-11-13-15-22-20(25)27-18-19(17-24)28-21(26)23-16-14-12-10-8-6-4-2/h19,24H,3-18H2,1-2H3,(H,22,25)(H,23,26)/t19-/m0/s1. The lowest BCUT2D eigenvalue weighted by atomic mass is 10.1. The number of nitrogens with one attached hydrogen (secondary N) is 2. The summed E-state index contributed by atoms with van der Waals surface area (Å²) in [6.07, 6.45) is 11.7. The summed E-state index contributed by atoms with van der Waals surface area (Å²) < 4.78 is 10.1. The van der Waals surface area contributed by atoms with Gasteiger partial charge in [0.25, 0.3) is 0 Å². The van der Waals surface area contributed by atoms with Gasteiger partial charge in [-0.3, -0.25) is 0 Å². The molecular formula is C21H42N2O5. The van der Waals surface area contributed by atoms with E-state index in [4.69, 9.17) is 9.47 Å². The minimum Gasteiger partial charge on any atom is -0.446 e. The molecule has 0 aromatic heterocycles. The highest BCUT2D eigenvalue weighted by Crippen LogP contribution is 2.05. The highest BCUT2D eigenvalue weighted by molar-refractivity contribution is 5.68. The fourth-order valence-corrected chi connectivity index (χ4v) is 2.73. The molecule has 1 atom stereocenters. The van der Waals surface area contributed by atoms with Crippen molar-refractivity contribution in [2.75, 3.05) is 26.3 Å². The lowest BCUT2D eigenvalue weighted by Crippen LogP contribution is -2.36. The van der Waals surface area contributed by atoms with Gasteiger partial charge in [-0.05, 0) is 12.8 Å². The van der Waals surface area contributed by atoms with E-state index in [0.29, 0.717) is 13.1 Å². The average molecular weight is 403 g/mol. The molecule has 0 aromatic rings. The Morgan fingerprint density at radius 1 is 0.750 bits per heavy atom. The highest BCUT2D eigenvalue weighted by Gasteiger charge is 2.15. The van der Waals surface area contributed by atoms with Crippen molar-refractivity contribution in [1.29, 1.82) is 0 Å². The summed E-state index contributed by atoms with van der Waals surface area (Å²) in [5, 5.41) is 14.6. The van der Waals surface area contributed by atoms with Crippen LogP contribution in [0.1, 0.15) is 90.9 Å². The molecule has 3 N–H and O–H groups in total. The average Bonchev–Trinajstić information content (AvgIpc) is 2.69. The van der Waals surface area contributed by atoms with Gasteiger partial charge in [-0.2, -0.15) is 0 Å². The summed E-state index contributed by atoms with van der Waals surface area (Å²) >= 11 is 0. The van der Waals surface area contributed by atoms with Gasteiger partial charge < -0.3 is 25.2 Å². The van der Waals surface area contributed by atoms with E-state index in [1.807, 2.05) is 0 Å². The zero-order valence-electron chi connectivity index (χ0n) is 18.0. The topological polar surface area (TPSA) is 96.9 Å². The van der Waals surface area contributed by atoms with Crippen LogP contribution in [-0.2, 0) is 9.47 Å². The lowest BCUT2D eigenvalue weighted by molar-refractivity contribution is 0.0141. The SMILES string of the molecule is CCCCCCCCNC(=O)OC[C@H](CO)OC(=O)NCCCCCCCC. The lowest BCUT2D eigenvalue weighted by Gasteiger charge is -2.16. The quantitative estimate of drug-likeness (QED) is 0.293. The molecule has 0 fully saturated rings. The fraction of sp³-hybridized carbons (Fsp3) is 0.905. The molecule has 28 heavy (non-hydrogen) atoms. The van der Waals surface area contributed by atoms with Crippen molar-refractivity contribution in [2.45, 2.75) is 97.0 Å². The normalized spacial score (nSPS) is 11.7. The number of rotatable bonds is 18. The Bertz CT molecular complexity index is 380. The van der Waals surface area contributed by atoms with E-state index < -0.39 is 24.9 Å². The Morgan fingerprint density at radius 2 is 1.21 bits per heavy atom. The molecule has 0 saturated heterocycles. The van der Waals surface area contributed by atoms with Crippen LogP contribution < -0.4 is 10.6 Å². The largest absolute Gasteiger partial charge is 0.446 e. The first-order valence-electron chi connectivity index (χ1n) is 11.1. The summed E-state index contributed by atoms with van der Waals surface area (Å²) in [4.78, 5) is 23.3. The van der Waals surface area contributed by atoms with E-state index in [-0.39, 0.29) is 6.61 Å². The minimum absolute atomic E-state index is 0.163. The Kier molecular flexibility index (Phi) is 19.2. The Balaban J connectivity index is 3.67. The third-order valence-corrected chi connectivity index (χ3v) is 4.48. The molecular weight excluding hydrogens is 360 g/mol. The van der Waals surface area contributed by atoms with E-state index >= 15 is 0 Å². The summed E-state index contributed by atoms with van der Waals surface area (Å²) in [6.45, 7) is 4.91. The first-order chi connectivity index (χ1) is 13.6. The number of amides is 2. The predicted molar refractivity (Wildman–Crippen MR) is 111 cm³/mol. The van der Waals surface area contributed by atoms with E-state index in [2.05, 4.69) is 24.5 Å². The number of hydrogen-bond acceptors (Lipinski definition) is 5. The van der Waals surface area contributed by atoms with Gasteiger partial charge in [0, 0.05) is 13.1 Å². The van der Waals surface area contributed by atoms with Crippen LogP contribution in [0.4, 0.5) is 9.59 Å². The molecule has 0 aliphatic heterocycles. The number of ether oxygens (including phenoxy) is 2. The molecule has 0 rings (SSSR count). The number of carbonyl (C=O) groups excluding carboxylic acids is 2. The maximum atomic E-state index is 11.7. The monoisotopic (exact) mass is 402 g/mol. The van der Waals surface area contributed by atoms with Gasteiger partial charge in [0.05, 0.1) is 6.61 Å². The molecule has 2 amide bonds. The maximum Gasteiger partial charge on any atom is 0.407 e. The van der Waals surface area contributed by atoms with Crippen LogP contribution in [0.25, 0.3) is 0 Å². The smallest absolute Gasteiger partial charge is 0.407 e. The second-order valence-electron chi connectivity index (χ2n) is 7.20. The van der Waals surface area contributed by atoms with Gasteiger partial charge in [0.1, 0.15) is 6.61 Å². The second-order valence-corrected chi connectivity index (χ2v) is 7.20. The molecule has 0 saturated carbocycles. The highest BCUT2D eigenvalue weighted by atomic mass is 16.6. The van der Waals surface area contributed by atoms with Gasteiger partial charge in [-0.25, -0.2) is 9.59 Å². The first kappa shape index (κ1) is 26.5. The van der Waals surface area contributed by atoms with Crippen LogP contribution in [0.2, 0.25) is 0 Å². The Hall–Kier alpha value is -1.50. The van der Waals surface area contributed by atoms with Gasteiger partial charge in [0.2, 0.25) is 0 Å². The molecule has 0 unspecified atom stereocenters. The number of aliphatic hydroxyl groups is 1. The number of alkyl carbamates (subject to hydrolysis) is 2. The number of hydrogen-bond donors (Lipinski definition) is 3. The molecule has 0 spiro atoms. The van der Waals surface area contributed by atoms with Crippen LogP contribution in [0.5, 0.6) is 0 Å². The van der Waals surface area contributed by atoms with Crippen LogP contribution in [0, 0.1) is 0 Å². The summed E-state index contributed by atoms with van der Waals surface area (Å²) in [5.41, 5.74) is 0. The summed E-state index contributed by atoms with van der Waals surface area (Å²) in [7, 11) is 0. The number of unbranched alkanes of at least 4 members (excludes halogenated alkanes) is 10. The zero-order valence-corrected chi connectivity index (χ0v) is 18.0. The van der Waals surface area contributed by atoms with Crippen molar-refractivity contribution < 1.29 is 24.2 Å². The predicted octanol–water partition coefficient (Wildman–Crippen LogP) is 4.52. The van der Waals surface area contributed by atoms with Crippen molar-refractivity contribution in [3.63, 3.8) is 0 Å². The van der Waals surface area contributed by atoms with Gasteiger partial charge >= 0.3 is 12.2 Å². The van der Waals surface area contributed by atoms with Crippen LogP contribution in [-0.4, -0.2) is 49.7 Å². The van der Waals surface area contributed by atoms with Crippen molar-refractivity contribution in [2.24, 2.45) is 0 Å². The van der Waals surface area contributed by atoms with Crippen LogP contribution in [0.3, 0.4) is 0 Å². The third kappa shape index (κ3) is 17.9. The van der Waals surface area contributed by atoms with E-state index in [9.17, 15) is 14.7 Å². The molecule has 7 nitrogen and oxygen atoms in total. The minimum atomic E-state index is -0.857. The van der Waals surface area contributed by atoms with E-state index in [1.54, 1.807) is 0 Å². The fourth-order valence-electron chi connectivity index (χ4n) is 2.73. The second kappa shape index (κ2) is 20.2. The molecule has 0 aliphatic carbocycles. The molecule has 0 heterocycles. The van der Waals surface area contributed by atoms with Gasteiger partial charge in [-0.15, -0.1) is 0 Å². The molecule has 0 radical (unpaired) electrons. The van der Waals surface area contributed by atoms with Gasteiger partial charge in [0.15, 0.2) is 6.10 Å². The van der Waals surface area contributed by atoms with Crippen molar-refractivity contribution in [1.82, 2.24) is 10.6 Å². The van der Waals surface area contributed by atoms with Gasteiger partial charge in [-0.1, -0.05) is 78.1 Å². The summed E-state index contributed by atoms with van der Waals surface area (Å²) in [5.74, 6) is 0. The molecule has 0 aliphatic rings. The van der Waals surface area contributed by atoms with Crippen molar-refractivity contribution in [3.8, 4) is 0 Å². The number of carbonyl (C=O) groups is 2. The molecule has 0 bridgehead atoms. The molecule has 166 valence electrons. The first-order valence-corrected chi connectivity index (χ1v) is 11.1. The molecule has 0 aromatic carbocycles. The third-order valence-electron chi connectivity index (χ3n) is 4.48. The Morgan fingerprint density at radius 3 is 1.71 bits per heavy atom. The number of aliphatic hydroxyl groups excluding tert-OH is 1. The van der Waals surface area contributed by atoms with Crippen molar-refractivity contribution >= 4 is 12.2 Å². The van der Waals surface area contributed by atoms with Crippen molar-refractivity contribution in [3.05, 3.63) is 0 Å². The maximum absolute atomic E-state index is 11.7. The van der Waals surface area contributed by atoms with E-state index in [1.165, 1.54) is 51.4 Å². The van der Waals surface area contributed by atoms with Crippen LogP contribution in [0.15, 0.2) is 0 Å². The Labute approximate surface area is 170 Å². The molecule has 7 heteroatoms. The zero-order chi connectivity index (χ0) is 20.9.